The lowest BCUT2D eigenvalue weighted by Crippen LogP contribution is -2.29. The Kier molecular flexibility index (Phi) is 1.75. The summed E-state index contributed by atoms with van der Waals surface area (Å²) in [7, 11) is 0. The van der Waals surface area contributed by atoms with Crippen molar-refractivity contribution in [2.45, 2.75) is 0 Å². The average molecular weight is 174 g/mol. The first kappa shape index (κ1) is 7.82. The van der Waals surface area contributed by atoms with E-state index in [9.17, 15) is 4.79 Å². The maximum absolute atomic E-state index is 11.2. The van der Waals surface area contributed by atoms with Crippen LogP contribution in [0.15, 0.2) is 24.3 Å². The molecule has 1 amide bonds. The number of nitrogens with one attached hydrogen (secondary N) is 2. The number of H-pyrrole nitrogens is 1. The maximum atomic E-state index is 11.2. The van der Waals surface area contributed by atoms with Gasteiger partial charge in [-0.25, -0.2) is 5.84 Å². The summed E-state index contributed by atoms with van der Waals surface area (Å²) in [6.07, 6.45) is 2.75. The molecule has 65 valence electrons. The van der Waals surface area contributed by atoms with Gasteiger partial charge in [0.25, 0.3) is 5.91 Å². The molecule has 0 fully saturated rings. The van der Waals surface area contributed by atoms with E-state index in [1.165, 1.54) is 0 Å². The van der Waals surface area contributed by atoms with Crippen LogP contribution in [0.3, 0.4) is 0 Å². The Hall–Kier alpha value is -1.81. The van der Waals surface area contributed by atoms with E-state index in [1.54, 1.807) is 0 Å². The Morgan fingerprint density at radius 2 is 2.23 bits per heavy atom. The first-order valence-corrected chi connectivity index (χ1v) is 3.82. The van der Waals surface area contributed by atoms with Gasteiger partial charge in [-0.2, -0.15) is 0 Å². The van der Waals surface area contributed by atoms with Crippen LogP contribution in [0.2, 0.25) is 0 Å². The minimum absolute atomic E-state index is 0.336. The normalized spacial score (nSPS) is 10.2. The average Bonchev–Trinajstić information content (AvgIpc) is 2.60. The number of fused-ring (bicyclic) bond motifs is 1. The summed E-state index contributed by atoms with van der Waals surface area (Å²) >= 11 is 0. The zero-order valence-electron chi connectivity index (χ0n) is 6.79. The third kappa shape index (κ3) is 1.17. The molecule has 0 aliphatic carbocycles. The molecule has 0 saturated carbocycles. The maximum Gasteiger partial charge on any atom is 0.268 e. The van der Waals surface area contributed by atoms with Crippen LogP contribution < -0.4 is 11.3 Å². The molecule has 4 nitrogen and oxygen atoms in total. The highest BCUT2D eigenvalue weighted by Crippen LogP contribution is 2.16. The zero-order valence-corrected chi connectivity index (χ0v) is 6.79. The number of hydrazine groups is 1. The minimum atomic E-state index is -0.336. The summed E-state index contributed by atoms with van der Waals surface area (Å²) < 4.78 is 0. The second kappa shape index (κ2) is 2.91. The largest absolute Gasteiger partial charge is 0.353 e. The van der Waals surface area contributed by atoms with Crippen LogP contribution in [0.1, 0.15) is 10.4 Å². The topological polar surface area (TPSA) is 70.9 Å². The zero-order chi connectivity index (χ0) is 9.26. The molecule has 1 heterocycles. The number of nitrogens with two attached hydrogens (primary N) is 1. The quantitative estimate of drug-likeness (QED) is 0.336. The van der Waals surface area contributed by atoms with Crippen LogP contribution in [-0.2, 0) is 0 Å². The number of carbonyl (C=O) groups excluding carboxylic acids is 1. The number of amides is 1. The summed E-state index contributed by atoms with van der Waals surface area (Å²) in [4.78, 5) is 14.1. The summed E-state index contributed by atoms with van der Waals surface area (Å²) in [5.41, 5.74) is 3.39. The molecular weight excluding hydrogens is 166 g/mol. The van der Waals surface area contributed by atoms with Crippen molar-refractivity contribution in [1.82, 2.24) is 10.4 Å². The molecule has 13 heavy (non-hydrogen) atoms. The third-order valence-electron chi connectivity index (χ3n) is 1.88. The molecule has 1 radical (unpaired) electrons. The van der Waals surface area contributed by atoms with Gasteiger partial charge in [-0.3, -0.25) is 10.2 Å². The van der Waals surface area contributed by atoms with E-state index in [-0.39, 0.29) is 5.91 Å². The number of rotatable bonds is 1. The molecule has 0 bridgehead atoms. The summed E-state index contributed by atoms with van der Waals surface area (Å²) in [5.74, 6) is 4.69. The van der Waals surface area contributed by atoms with Crippen LogP contribution in [0.25, 0.3) is 10.9 Å². The van der Waals surface area contributed by atoms with E-state index in [0.29, 0.717) is 5.56 Å². The van der Waals surface area contributed by atoms with E-state index < -0.39 is 0 Å². The smallest absolute Gasteiger partial charge is 0.268 e. The van der Waals surface area contributed by atoms with E-state index >= 15 is 0 Å². The molecule has 2 rings (SSSR count). The number of para-hydroxylation sites is 1. The van der Waals surface area contributed by atoms with Crippen molar-refractivity contribution in [1.29, 1.82) is 0 Å². The number of aromatic amines is 1. The van der Waals surface area contributed by atoms with Crippen LogP contribution >= 0.6 is 0 Å². The van der Waals surface area contributed by atoms with Crippen molar-refractivity contribution < 1.29 is 4.79 Å². The Morgan fingerprint density at radius 1 is 1.46 bits per heavy atom. The number of nitrogen functional groups attached to an aromatic ring is 1. The van der Waals surface area contributed by atoms with Gasteiger partial charge in [0.05, 0.1) is 11.8 Å². The van der Waals surface area contributed by atoms with Gasteiger partial charge < -0.3 is 4.98 Å². The van der Waals surface area contributed by atoms with Crippen molar-refractivity contribution >= 4 is 16.8 Å². The predicted octanol–water partition coefficient (Wildman–Crippen LogP) is 0.572. The highest BCUT2D eigenvalue weighted by atomic mass is 16.2. The molecule has 4 heteroatoms. The second-order valence-electron chi connectivity index (χ2n) is 2.64. The van der Waals surface area contributed by atoms with Crippen LogP contribution in [0.4, 0.5) is 0 Å². The molecule has 1 aromatic heterocycles. The lowest BCUT2D eigenvalue weighted by molar-refractivity contribution is 0.0955. The Balaban J connectivity index is 2.64. The third-order valence-corrected chi connectivity index (χ3v) is 1.88. The van der Waals surface area contributed by atoms with E-state index in [1.807, 2.05) is 24.3 Å². The van der Waals surface area contributed by atoms with Crippen molar-refractivity contribution in [2.75, 3.05) is 0 Å². The molecule has 0 aliphatic rings. The summed E-state index contributed by atoms with van der Waals surface area (Å²) in [6, 6.07) is 7.46. The van der Waals surface area contributed by atoms with Crippen molar-refractivity contribution in [3.8, 4) is 0 Å². The molecule has 4 N–H and O–H groups in total. The highest BCUT2D eigenvalue weighted by molar-refractivity contribution is 6.06. The van der Waals surface area contributed by atoms with Gasteiger partial charge in [-0.15, -0.1) is 0 Å². The van der Waals surface area contributed by atoms with Crippen molar-refractivity contribution in [2.24, 2.45) is 5.84 Å². The number of benzene rings is 1. The Morgan fingerprint density at radius 3 is 3.00 bits per heavy atom. The van der Waals surface area contributed by atoms with Crippen LogP contribution in [0.5, 0.6) is 0 Å². The number of hydrogen-bond acceptors (Lipinski definition) is 2. The van der Waals surface area contributed by atoms with E-state index in [4.69, 9.17) is 5.84 Å². The molecule has 0 atom stereocenters. The Bertz CT molecular complexity index is 447. The molecule has 0 spiro atoms. The van der Waals surface area contributed by atoms with Crippen molar-refractivity contribution in [3.05, 3.63) is 36.0 Å². The lowest BCUT2D eigenvalue weighted by Gasteiger charge is -1.95. The molecular formula is C9H8N3O. The van der Waals surface area contributed by atoms with Gasteiger partial charge in [-0.1, -0.05) is 18.2 Å². The number of carbonyl (C=O) groups is 1. The van der Waals surface area contributed by atoms with Gasteiger partial charge in [0.2, 0.25) is 0 Å². The molecule has 1 aromatic carbocycles. The van der Waals surface area contributed by atoms with Gasteiger partial charge in [0.15, 0.2) is 0 Å². The van der Waals surface area contributed by atoms with Crippen molar-refractivity contribution in [3.63, 3.8) is 0 Å². The van der Waals surface area contributed by atoms with Gasteiger partial charge >= 0.3 is 0 Å². The molecule has 0 unspecified atom stereocenters. The standard InChI is InChI=1S/C9H8N3O/c10-12-9(13)7-5-11-8-4-2-1-3-6(7)8/h1-4,11H,10H2,(H,12,13). The SMILES string of the molecule is NNC(=O)c1[c][nH]c2ccccc12. The highest BCUT2D eigenvalue weighted by Gasteiger charge is 2.09. The lowest BCUT2D eigenvalue weighted by atomic mass is 10.2. The fourth-order valence-corrected chi connectivity index (χ4v) is 1.26. The molecule has 2 aromatic rings. The fraction of sp³-hybridized carbons (Fsp3) is 0. The van der Waals surface area contributed by atoms with E-state index in [0.717, 1.165) is 10.9 Å². The second-order valence-corrected chi connectivity index (χ2v) is 2.64. The summed E-state index contributed by atoms with van der Waals surface area (Å²) in [6.45, 7) is 0. The molecule has 0 saturated heterocycles. The van der Waals surface area contributed by atoms with Crippen LogP contribution in [0, 0.1) is 6.20 Å². The first-order valence-electron chi connectivity index (χ1n) is 3.82. The van der Waals surface area contributed by atoms with Gasteiger partial charge in [-0.05, 0) is 6.07 Å². The Labute approximate surface area is 74.7 Å². The van der Waals surface area contributed by atoms with Crippen LogP contribution in [-0.4, -0.2) is 10.9 Å². The first-order chi connectivity index (χ1) is 6.33. The monoisotopic (exact) mass is 174 g/mol. The van der Waals surface area contributed by atoms with E-state index in [2.05, 4.69) is 16.6 Å². The number of aromatic nitrogens is 1. The van der Waals surface area contributed by atoms with Gasteiger partial charge in [0.1, 0.15) is 0 Å². The fourth-order valence-electron chi connectivity index (χ4n) is 1.26. The number of hydrogen-bond donors (Lipinski definition) is 3. The summed E-state index contributed by atoms with van der Waals surface area (Å²) in [5, 5.41) is 0.824. The minimum Gasteiger partial charge on any atom is -0.353 e. The predicted molar refractivity (Wildman–Crippen MR) is 48.8 cm³/mol. The van der Waals surface area contributed by atoms with Gasteiger partial charge in [0, 0.05) is 10.9 Å². The molecule has 0 aliphatic heterocycles.